The predicted octanol–water partition coefficient (Wildman–Crippen LogP) is 9.24. The van der Waals surface area contributed by atoms with Crippen molar-refractivity contribution in [2.24, 2.45) is 5.73 Å². The fourth-order valence-corrected chi connectivity index (χ4v) is 7.52. The number of hydrogen-bond donors (Lipinski definition) is 1. The van der Waals surface area contributed by atoms with Crippen molar-refractivity contribution in [1.82, 2.24) is 0 Å². The summed E-state index contributed by atoms with van der Waals surface area (Å²) in [7, 11) is 0. The summed E-state index contributed by atoms with van der Waals surface area (Å²) in [5.41, 5.74) is 15.3. The van der Waals surface area contributed by atoms with Gasteiger partial charge in [-0.15, -0.1) is 0 Å². The summed E-state index contributed by atoms with van der Waals surface area (Å²) < 4.78 is 0. The molecule has 194 valence electrons. The van der Waals surface area contributed by atoms with Crippen LogP contribution >= 0.6 is 0 Å². The van der Waals surface area contributed by atoms with Crippen LogP contribution in [0.1, 0.15) is 104 Å². The van der Waals surface area contributed by atoms with Crippen molar-refractivity contribution >= 4 is 0 Å². The van der Waals surface area contributed by atoms with Crippen molar-refractivity contribution in [2.75, 3.05) is 0 Å². The van der Waals surface area contributed by atoms with Gasteiger partial charge in [0.15, 0.2) is 0 Å². The third kappa shape index (κ3) is 4.63. The van der Waals surface area contributed by atoms with Crippen LogP contribution in [0.2, 0.25) is 0 Å². The molecule has 0 aliphatic heterocycles. The summed E-state index contributed by atoms with van der Waals surface area (Å²) in [6.07, 6.45) is 12.8. The van der Waals surface area contributed by atoms with Crippen molar-refractivity contribution in [3.8, 4) is 0 Å². The molecule has 1 nitrogen and oxygen atoms in total. The second-order valence-electron chi connectivity index (χ2n) is 11.7. The van der Waals surface area contributed by atoms with Gasteiger partial charge in [0.05, 0.1) is 6.04 Å². The van der Waals surface area contributed by atoms with Crippen LogP contribution < -0.4 is 5.73 Å². The summed E-state index contributed by atoms with van der Waals surface area (Å²) in [6, 6.07) is 40.7. The Hall–Kier alpha value is -3.16. The average molecular weight is 500 g/mol. The second kappa shape index (κ2) is 10.9. The minimum atomic E-state index is -0.115. The largest absolute Gasteiger partial charge is 0.320 e. The lowest BCUT2D eigenvalue weighted by Crippen LogP contribution is -2.30. The van der Waals surface area contributed by atoms with E-state index in [1.807, 2.05) is 0 Å². The highest BCUT2D eigenvalue weighted by atomic mass is 14.6. The van der Waals surface area contributed by atoms with Gasteiger partial charge in [-0.3, -0.25) is 0 Å². The Kier molecular flexibility index (Phi) is 7.22. The van der Waals surface area contributed by atoms with E-state index in [9.17, 15) is 0 Å². The molecule has 1 heteroatoms. The zero-order valence-electron chi connectivity index (χ0n) is 22.6. The third-order valence-corrected chi connectivity index (χ3v) is 9.71. The molecule has 0 bridgehead atoms. The first-order chi connectivity index (χ1) is 18.7. The van der Waals surface area contributed by atoms with Gasteiger partial charge in [0.1, 0.15) is 0 Å². The number of nitrogens with two attached hydrogens (primary N) is 1. The molecule has 2 aliphatic rings. The van der Waals surface area contributed by atoms with Gasteiger partial charge in [-0.25, -0.2) is 0 Å². The van der Waals surface area contributed by atoms with Crippen molar-refractivity contribution in [1.29, 1.82) is 0 Å². The Bertz CT molecular complexity index is 1190. The number of benzene rings is 4. The molecule has 4 aromatic carbocycles. The maximum Gasteiger partial charge on any atom is 0.0551 e. The van der Waals surface area contributed by atoms with Gasteiger partial charge in [-0.1, -0.05) is 148 Å². The normalized spacial score (nSPS) is 18.8. The molecule has 0 unspecified atom stereocenters. The Morgan fingerprint density at radius 1 is 0.395 bits per heavy atom. The maximum absolute atomic E-state index is 6.86. The number of rotatable bonds is 6. The lowest BCUT2D eigenvalue weighted by Gasteiger charge is -2.39. The van der Waals surface area contributed by atoms with Gasteiger partial charge in [0.25, 0.3) is 0 Å². The van der Waals surface area contributed by atoms with E-state index in [1.54, 1.807) is 0 Å². The summed E-state index contributed by atoms with van der Waals surface area (Å²) in [4.78, 5) is 0. The van der Waals surface area contributed by atoms with Crippen LogP contribution in [0.3, 0.4) is 0 Å². The second-order valence-corrected chi connectivity index (χ2v) is 11.7. The van der Waals surface area contributed by atoms with Gasteiger partial charge in [-0.05, 0) is 59.1 Å². The molecule has 6 rings (SSSR count). The van der Waals surface area contributed by atoms with E-state index in [-0.39, 0.29) is 16.9 Å². The van der Waals surface area contributed by atoms with Crippen LogP contribution in [0.25, 0.3) is 0 Å². The van der Waals surface area contributed by atoms with Gasteiger partial charge in [0.2, 0.25) is 0 Å². The third-order valence-electron chi connectivity index (χ3n) is 9.71. The van der Waals surface area contributed by atoms with Gasteiger partial charge < -0.3 is 5.73 Å². The van der Waals surface area contributed by atoms with Crippen LogP contribution in [0.5, 0.6) is 0 Å². The minimum Gasteiger partial charge on any atom is -0.320 e. The summed E-state index contributed by atoms with van der Waals surface area (Å²) in [5, 5.41) is 0. The van der Waals surface area contributed by atoms with E-state index < -0.39 is 0 Å². The van der Waals surface area contributed by atoms with Crippen LogP contribution in [0.4, 0.5) is 0 Å². The smallest absolute Gasteiger partial charge is 0.0551 e. The lowest BCUT2D eigenvalue weighted by molar-refractivity contribution is 0.346. The summed E-state index contributed by atoms with van der Waals surface area (Å²) >= 11 is 0. The SMILES string of the molecule is NC(c1ccc(C2(c3ccccc3)CCCCC2)cc1)c1ccc(C2(c3ccccc3)CCCCC2)cc1. The standard InChI is InChI=1S/C37H41N/c38-35(29-17-21-33(22-18-29)36(25-9-3-10-26-36)31-13-5-1-6-14-31)30-19-23-34(24-20-30)37(27-11-4-12-28-37)32-15-7-2-8-16-32/h1-2,5-8,13-24,35H,3-4,9-12,25-28,38H2. The zero-order chi connectivity index (χ0) is 25.8. The molecule has 0 aromatic heterocycles. The van der Waals surface area contributed by atoms with Crippen LogP contribution in [0, 0.1) is 0 Å². The first kappa shape index (κ1) is 25.1. The van der Waals surface area contributed by atoms with Crippen LogP contribution in [0.15, 0.2) is 109 Å². The van der Waals surface area contributed by atoms with Crippen molar-refractivity contribution in [3.63, 3.8) is 0 Å². The molecule has 0 radical (unpaired) electrons. The van der Waals surface area contributed by atoms with Crippen molar-refractivity contribution in [2.45, 2.75) is 81.1 Å². The van der Waals surface area contributed by atoms with E-state index in [1.165, 1.54) is 97.6 Å². The first-order valence-corrected chi connectivity index (χ1v) is 14.8. The first-order valence-electron chi connectivity index (χ1n) is 14.8. The maximum atomic E-state index is 6.86. The Morgan fingerprint density at radius 3 is 1.05 bits per heavy atom. The molecular formula is C37H41N. The van der Waals surface area contributed by atoms with Crippen LogP contribution in [-0.4, -0.2) is 0 Å². The molecule has 4 aromatic rings. The van der Waals surface area contributed by atoms with Gasteiger partial charge in [-0.2, -0.15) is 0 Å². The summed E-state index contributed by atoms with van der Waals surface area (Å²) in [6.45, 7) is 0. The topological polar surface area (TPSA) is 26.0 Å². The molecule has 0 atom stereocenters. The predicted molar refractivity (Wildman–Crippen MR) is 160 cm³/mol. The van der Waals surface area contributed by atoms with Gasteiger partial charge >= 0.3 is 0 Å². The van der Waals surface area contributed by atoms with Crippen molar-refractivity contribution in [3.05, 3.63) is 143 Å². The molecule has 2 fully saturated rings. The molecule has 0 amide bonds. The molecule has 2 saturated carbocycles. The molecule has 0 heterocycles. The molecule has 0 saturated heterocycles. The Labute approximate surface area is 229 Å². The zero-order valence-corrected chi connectivity index (χ0v) is 22.6. The van der Waals surface area contributed by atoms with E-state index in [2.05, 4.69) is 109 Å². The quantitative estimate of drug-likeness (QED) is 0.281. The highest BCUT2D eigenvalue weighted by molar-refractivity contribution is 5.45. The lowest BCUT2D eigenvalue weighted by atomic mass is 9.65. The minimum absolute atomic E-state index is 0.115. The fourth-order valence-electron chi connectivity index (χ4n) is 7.52. The van der Waals surface area contributed by atoms with Crippen molar-refractivity contribution < 1.29 is 0 Å². The molecular weight excluding hydrogens is 458 g/mol. The highest BCUT2D eigenvalue weighted by Gasteiger charge is 2.36. The Morgan fingerprint density at radius 2 is 0.711 bits per heavy atom. The number of hydrogen-bond acceptors (Lipinski definition) is 1. The van der Waals surface area contributed by atoms with E-state index in [0.29, 0.717) is 0 Å². The molecule has 2 aliphatic carbocycles. The molecule has 2 N–H and O–H groups in total. The van der Waals surface area contributed by atoms with E-state index in [0.717, 1.165) is 0 Å². The summed E-state index contributed by atoms with van der Waals surface area (Å²) in [5.74, 6) is 0. The fraction of sp³-hybridized carbons (Fsp3) is 0.351. The monoisotopic (exact) mass is 499 g/mol. The average Bonchev–Trinajstić information content (AvgIpc) is 3.02. The van der Waals surface area contributed by atoms with E-state index >= 15 is 0 Å². The van der Waals surface area contributed by atoms with Gasteiger partial charge in [0, 0.05) is 10.8 Å². The molecule has 38 heavy (non-hydrogen) atoms. The highest BCUT2D eigenvalue weighted by Crippen LogP contribution is 2.46. The van der Waals surface area contributed by atoms with Crippen LogP contribution in [-0.2, 0) is 10.8 Å². The molecule has 0 spiro atoms. The Balaban J connectivity index is 1.26. The van der Waals surface area contributed by atoms with E-state index in [4.69, 9.17) is 5.73 Å².